The number of benzene rings is 2. The van der Waals surface area contributed by atoms with Crippen LogP contribution in [0.5, 0.6) is 0 Å². The number of fused-ring (bicyclic) bond motifs is 2. The lowest BCUT2D eigenvalue weighted by Gasteiger charge is -2.38. The van der Waals surface area contributed by atoms with Crippen LogP contribution in [0.2, 0.25) is 0 Å². The zero-order valence-electron chi connectivity index (χ0n) is 17.4. The Bertz CT molecular complexity index is 1190. The molecule has 2 N–H and O–H groups in total. The molecular formula is C23H24F2N2O4S. The average molecular weight is 463 g/mol. The number of ether oxygens (including phenoxy) is 1. The standard InChI is InChI=1S/C23H24F2N2O4S/c24-14-2-3-21(19(25)10-14)32(29,30)27-16-11-18-17(13-22(28)23(18)6-1-7-23)20(12-16)26-15-4-8-31-9-5-15/h2-3,10-12,15,26-27H,1,4-9,13H2. The van der Waals surface area contributed by atoms with Gasteiger partial charge in [-0.05, 0) is 61.1 Å². The van der Waals surface area contributed by atoms with Gasteiger partial charge in [0, 0.05) is 37.4 Å². The van der Waals surface area contributed by atoms with Gasteiger partial charge in [-0.2, -0.15) is 0 Å². The van der Waals surface area contributed by atoms with Gasteiger partial charge in [-0.25, -0.2) is 17.2 Å². The van der Waals surface area contributed by atoms with Crippen LogP contribution in [0.15, 0.2) is 35.2 Å². The van der Waals surface area contributed by atoms with Gasteiger partial charge in [0.15, 0.2) is 0 Å². The number of ketones is 1. The highest BCUT2D eigenvalue weighted by molar-refractivity contribution is 7.92. The van der Waals surface area contributed by atoms with E-state index in [0.717, 1.165) is 61.1 Å². The maximum atomic E-state index is 14.2. The lowest BCUT2D eigenvalue weighted by Crippen LogP contribution is -2.39. The van der Waals surface area contributed by atoms with Crippen molar-refractivity contribution in [1.82, 2.24) is 0 Å². The summed E-state index contributed by atoms with van der Waals surface area (Å²) in [5.74, 6) is -1.85. The quantitative estimate of drug-likeness (QED) is 0.704. The van der Waals surface area contributed by atoms with E-state index in [1.807, 2.05) is 0 Å². The number of Topliss-reactive ketones (excluding diaryl/α,β-unsaturated/α-hetero) is 1. The molecule has 9 heteroatoms. The fraction of sp³-hybridized carbons (Fsp3) is 0.435. The molecule has 5 rings (SSSR count). The van der Waals surface area contributed by atoms with Crippen LogP contribution < -0.4 is 10.0 Å². The molecule has 170 valence electrons. The van der Waals surface area contributed by atoms with Gasteiger partial charge in [-0.15, -0.1) is 0 Å². The number of carbonyl (C=O) groups excluding carboxylic acids is 1. The molecule has 0 radical (unpaired) electrons. The zero-order chi connectivity index (χ0) is 22.5. The first-order valence-electron chi connectivity index (χ1n) is 10.8. The molecule has 1 saturated carbocycles. The van der Waals surface area contributed by atoms with Crippen molar-refractivity contribution in [3.63, 3.8) is 0 Å². The summed E-state index contributed by atoms with van der Waals surface area (Å²) in [6.07, 6.45) is 4.39. The van der Waals surface area contributed by atoms with Crippen LogP contribution in [0, 0.1) is 11.6 Å². The van der Waals surface area contributed by atoms with Crippen molar-refractivity contribution in [2.24, 2.45) is 0 Å². The highest BCUT2D eigenvalue weighted by Crippen LogP contribution is 2.53. The number of hydrogen-bond acceptors (Lipinski definition) is 5. The van der Waals surface area contributed by atoms with E-state index in [0.29, 0.717) is 25.7 Å². The van der Waals surface area contributed by atoms with Crippen molar-refractivity contribution < 1.29 is 26.7 Å². The molecule has 0 aromatic heterocycles. The number of carbonyl (C=O) groups is 1. The molecular weight excluding hydrogens is 438 g/mol. The van der Waals surface area contributed by atoms with Crippen LogP contribution in [0.1, 0.15) is 43.2 Å². The summed E-state index contributed by atoms with van der Waals surface area (Å²) in [6.45, 7) is 1.28. The Morgan fingerprint density at radius 3 is 2.47 bits per heavy atom. The average Bonchev–Trinajstić information content (AvgIpc) is 3.00. The summed E-state index contributed by atoms with van der Waals surface area (Å²) < 4.78 is 61.0. The Morgan fingerprint density at radius 2 is 1.81 bits per heavy atom. The highest BCUT2D eigenvalue weighted by Gasteiger charge is 2.51. The number of halogens is 2. The molecule has 0 bridgehead atoms. The van der Waals surface area contributed by atoms with Crippen molar-refractivity contribution in [2.75, 3.05) is 23.3 Å². The number of sulfonamides is 1. The van der Waals surface area contributed by atoms with Crippen LogP contribution in [-0.4, -0.2) is 33.5 Å². The topological polar surface area (TPSA) is 84.5 Å². The number of rotatable bonds is 5. The Labute approximate surface area is 185 Å². The molecule has 1 spiro atoms. The van der Waals surface area contributed by atoms with Gasteiger partial charge in [0.2, 0.25) is 0 Å². The lowest BCUT2D eigenvalue weighted by molar-refractivity contribution is -0.125. The predicted molar refractivity (Wildman–Crippen MR) is 115 cm³/mol. The molecule has 0 atom stereocenters. The van der Waals surface area contributed by atoms with E-state index in [4.69, 9.17) is 4.74 Å². The van der Waals surface area contributed by atoms with Gasteiger partial charge in [0.25, 0.3) is 10.0 Å². The van der Waals surface area contributed by atoms with Crippen molar-refractivity contribution >= 4 is 27.2 Å². The van der Waals surface area contributed by atoms with Crippen LogP contribution in [0.25, 0.3) is 0 Å². The third-order valence-corrected chi connectivity index (χ3v) is 8.27. The minimum Gasteiger partial charge on any atom is -0.382 e. The summed E-state index contributed by atoms with van der Waals surface area (Å²) >= 11 is 0. The van der Waals surface area contributed by atoms with E-state index in [1.54, 1.807) is 12.1 Å². The number of hydrogen-bond donors (Lipinski definition) is 2. The summed E-state index contributed by atoms with van der Waals surface area (Å²) in [4.78, 5) is 12.3. The van der Waals surface area contributed by atoms with Crippen LogP contribution in [-0.2, 0) is 31.4 Å². The van der Waals surface area contributed by atoms with E-state index >= 15 is 0 Å². The SMILES string of the molecule is O=C1Cc2c(NC3CCOCC3)cc(NS(=O)(=O)c3ccc(F)cc3F)cc2C12CCC2. The Kier molecular flexibility index (Phi) is 5.21. The third kappa shape index (κ3) is 3.57. The van der Waals surface area contributed by atoms with Crippen molar-refractivity contribution in [3.05, 3.63) is 53.1 Å². The number of nitrogens with one attached hydrogen (secondary N) is 2. The Hall–Kier alpha value is -2.52. The second-order valence-electron chi connectivity index (χ2n) is 8.80. The highest BCUT2D eigenvalue weighted by atomic mass is 32.2. The minimum absolute atomic E-state index is 0.155. The van der Waals surface area contributed by atoms with Crippen LogP contribution in [0.4, 0.5) is 20.2 Å². The smallest absolute Gasteiger partial charge is 0.264 e. The van der Waals surface area contributed by atoms with Crippen LogP contribution >= 0.6 is 0 Å². The molecule has 1 heterocycles. The van der Waals surface area contributed by atoms with E-state index < -0.39 is 32.0 Å². The molecule has 32 heavy (non-hydrogen) atoms. The van der Waals surface area contributed by atoms with Crippen molar-refractivity contribution in [3.8, 4) is 0 Å². The molecule has 2 fully saturated rings. The van der Waals surface area contributed by atoms with Crippen LogP contribution in [0.3, 0.4) is 0 Å². The maximum absolute atomic E-state index is 14.2. The van der Waals surface area contributed by atoms with Gasteiger partial charge in [0.1, 0.15) is 22.3 Å². The van der Waals surface area contributed by atoms with Gasteiger partial charge in [-0.1, -0.05) is 6.42 Å². The van der Waals surface area contributed by atoms with Crippen molar-refractivity contribution in [2.45, 2.75) is 54.9 Å². The normalized spacial score (nSPS) is 20.1. The third-order valence-electron chi connectivity index (χ3n) is 6.86. The fourth-order valence-corrected chi connectivity index (χ4v) is 6.10. The van der Waals surface area contributed by atoms with E-state index in [9.17, 15) is 22.0 Å². The molecule has 3 aliphatic rings. The summed E-state index contributed by atoms with van der Waals surface area (Å²) in [5, 5.41) is 3.48. The summed E-state index contributed by atoms with van der Waals surface area (Å²) in [5.41, 5.74) is 2.19. The maximum Gasteiger partial charge on any atom is 0.264 e. The summed E-state index contributed by atoms with van der Waals surface area (Å²) in [6, 6.07) is 5.87. The van der Waals surface area contributed by atoms with E-state index in [2.05, 4.69) is 10.0 Å². The molecule has 6 nitrogen and oxygen atoms in total. The second-order valence-corrected chi connectivity index (χ2v) is 10.4. The molecule has 0 unspecified atom stereocenters. The van der Waals surface area contributed by atoms with E-state index in [1.165, 1.54) is 0 Å². The first-order chi connectivity index (χ1) is 15.3. The van der Waals surface area contributed by atoms with Gasteiger partial charge < -0.3 is 10.1 Å². The van der Waals surface area contributed by atoms with Crippen molar-refractivity contribution in [1.29, 1.82) is 0 Å². The zero-order valence-corrected chi connectivity index (χ0v) is 18.2. The fourth-order valence-electron chi connectivity index (χ4n) is 5.00. The Balaban J connectivity index is 1.54. The molecule has 1 saturated heterocycles. The monoisotopic (exact) mass is 462 g/mol. The number of anilines is 2. The first kappa shape index (κ1) is 21.3. The molecule has 2 aliphatic carbocycles. The van der Waals surface area contributed by atoms with Gasteiger partial charge >= 0.3 is 0 Å². The molecule has 1 aliphatic heterocycles. The Morgan fingerprint density at radius 1 is 1.06 bits per heavy atom. The predicted octanol–water partition coefficient (Wildman–Crippen LogP) is 3.90. The van der Waals surface area contributed by atoms with Gasteiger partial charge in [0.05, 0.1) is 11.1 Å². The second kappa shape index (κ2) is 7.81. The summed E-state index contributed by atoms with van der Waals surface area (Å²) in [7, 11) is -4.29. The molecule has 0 amide bonds. The first-order valence-corrected chi connectivity index (χ1v) is 12.3. The van der Waals surface area contributed by atoms with E-state index in [-0.39, 0.29) is 17.5 Å². The lowest BCUT2D eigenvalue weighted by atomic mass is 9.64. The molecule has 2 aromatic carbocycles. The van der Waals surface area contributed by atoms with Gasteiger partial charge in [-0.3, -0.25) is 9.52 Å². The minimum atomic E-state index is -4.29. The largest absolute Gasteiger partial charge is 0.382 e. The molecule has 2 aromatic rings.